The van der Waals surface area contributed by atoms with Gasteiger partial charge in [0.05, 0.1) is 0 Å². The highest BCUT2D eigenvalue weighted by atomic mass is 79.9. The van der Waals surface area contributed by atoms with Crippen LogP contribution >= 0.6 is 15.9 Å². The SMILES string of the molecule is [CH2]Cc1cc(O)nc(-c2ccc(Br)cc2)n1. The molecule has 0 fully saturated rings. The van der Waals surface area contributed by atoms with E-state index in [1.54, 1.807) is 0 Å². The first kappa shape index (κ1) is 11.1. The van der Waals surface area contributed by atoms with Gasteiger partial charge in [-0.1, -0.05) is 28.1 Å². The molecule has 1 aromatic heterocycles. The average molecular weight is 278 g/mol. The second kappa shape index (κ2) is 4.61. The number of rotatable bonds is 2. The number of nitrogens with zero attached hydrogens (tertiary/aromatic N) is 2. The fraction of sp³-hybridized carbons (Fsp3) is 0.0833. The highest BCUT2D eigenvalue weighted by Gasteiger charge is 2.05. The van der Waals surface area contributed by atoms with Crippen LogP contribution in [0.3, 0.4) is 0 Å². The van der Waals surface area contributed by atoms with Crippen LogP contribution in [-0.4, -0.2) is 15.1 Å². The molecule has 1 aromatic carbocycles. The topological polar surface area (TPSA) is 46.0 Å². The van der Waals surface area contributed by atoms with E-state index in [1.807, 2.05) is 24.3 Å². The summed E-state index contributed by atoms with van der Waals surface area (Å²) in [6.45, 7) is 3.74. The summed E-state index contributed by atoms with van der Waals surface area (Å²) >= 11 is 3.36. The van der Waals surface area contributed by atoms with E-state index in [4.69, 9.17) is 0 Å². The lowest BCUT2D eigenvalue weighted by Crippen LogP contribution is -1.94. The van der Waals surface area contributed by atoms with Crippen molar-refractivity contribution in [2.24, 2.45) is 0 Å². The Morgan fingerprint density at radius 3 is 2.50 bits per heavy atom. The highest BCUT2D eigenvalue weighted by molar-refractivity contribution is 9.10. The van der Waals surface area contributed by atoms with Crippen molar-refractivity contribution >= 4 is 15.9 Å². The van der Waals surface area contributed by atoms with Crippen LogP contribution in [0.15, 0.2) is 34.8 Å². The van der Waals surface area contributed by atoms with Gasteiger partial charge in [0.15, 0.2) is 5.82 Å². The van der Waals surface area contributed by atoms with Gasteiger partial charge >= 0.3 is 0 Å². The third-order valence-electron chi connectivity index (χ3n) is 2.12. The zero-order valence-electron chi connectivity index (χ0n) is 8.52. The average Bonchev–Trinajstić information content (AvgIpc) is 2.29. The zero-order valence-corrected chi connectivity index (χ0v) is 10.1. The van der Waals surface area contributed by atoms with E-state index in [0.717, 1.165) is 15.7 Å². The maximum atomic E-state index is 9.45. The minimum atomic E-state index is -0.0217. The van der Waals surface area contributed by atoms with E-state index in [2.05, 4.69) is 32.8 Å². The van der Waals surface area contributed by atoms with Gasteiger partial charge in [-0.3, -0.25) is 0 Å². The fourth-order valence-corrected chi connectivity index (χ4v) is 1.60. The van der Waals surface area contributed by atoms with E-state index >= 15 is 0 Å². The number of aromatic nitrogens is 2. The third kappa shape index (κ3) is 2.39. The number of hydrogen-bond donors (Lipinski definition) is 1. The van der Waals surface area contributed by atoms with Crippen molar-refractivity contribution in [3.8, 4) is 17.3 Å². The van der Waals surface area contributed by atoms with Crippen LogP contribution in [0.2, 0.25) is 0 Å². The molecule has 0 aliphatic heterocycles. The van der Waals surface area contributed by atoms with Crippen LogP contribution in [0.5, 0.6) is 5.88 Å². The summed E-state index contributed by atoms with van der Waals surface area (Å²) in [5.74, 6) is 0.498. The molecular weight excluding hydrogens is 268 g/mol. The predicted octanol–water partition coefficient (Wildman–Crippen LogP) is 2.99. The summed E-state index contributed by atoms with van der Waals surface area (Å²) in [7, 11) is 0. The monoisotopic (exact) mass is 277 g/mol. The summed E-state index contributed by atoms with van der Waals surface area (Å²) in [6, 6.07) is 9.13. The smallest absolute Gasteiger partial charge is 0.214 e. The molecule has 16 heavy (non-hydrogen) atoms. The van der Waals surface area contributed by atoms with Gasteiger partial charge in [0.1, 0.15) is 0 Å². The largest absolute Gasteiger partial charge is 0.493 e. The number of hydrogen-bond acceptors (Lipinski definition) is 3. The molecule has 0 atom stereocenters. The summed E-state index contributed by atoms with van der Waals surface area (Å²) in [4.78, 5) is 8.29. The van der Waals surface area contributed by atoms with Crippen molar-refractivity contribution in [1.29, 1.82) is 0 Å². The Morgan fingerprint density at radius 2 is 1.88 bits per heavy atom. The lowest BCUT2D eigenvalue weighted by Gasteiger charge is -2.03. The first-order chi connectivity index (χ1) is 7.69. The molecule has 0 saturated heterocycles. The van der Waals surface area contributed by atoms with Crippen molar-refractivity contribution in [3.05, 3.63) is 47.4 Å². The van der Waals surface area contributed by atoms with Crippen LogP contribution in [0.1, 0.15) is 5.69 Å². The Kier molecular flexibility index (Phi) is 3.19. The molecule has 0 amide bonds. The van der Waals surface area contributed by atoms with Gasteiger partial charge in [-0.15, -0.1) is 0 Å². The second-order valence-corrected chi connectivity index (χ2v) is 4.21. The van der Waals surface area contributed by atoms with Gasteiger partial charge < -0.3 is 5.11 Å². The van der Waals surface area contributed by atoms with Crippen molar-refractivity contribution in [3.63, 3.8) is 0 Å². The van der Waals surface area contributed by atoms with Gasteiger partial charge in [0.2, 0.25) is 5.88 Å². The van der Waals surface area contributed by atoms with Gasteiger partial charge in [0, 0.05) is 21.8 Å². The van der Waals surface area contributed by atoms with E-state index in [-0.39, 0.29) is 5.88 Å². The molecule has 4 heteroatoms. The maximum absolute atomic E-state index is 9.45. The van der Waals surface area contributed by atoms with Gasteiger partial charge in [-0.25, -0.2) is 4.98 Å². The van der Waals surface area contributed by atoms with Crippen molar-refractivity contribution in [2.45, 2.75) is 6.42 Å². The lowest BCUT2D eigenvalue weighted by molar-refractivity contribution is 0.452. The van der Waals surface area contributed by atoms with Crippen LogP contribution in [0.25, 0.3) is 11.4 Å². The Morgan fingerprint density at radius 1 is 1.19 bits per heavy atom. The number of aromatic hydroxyl groups is 1. The molecule has 2 aromatic rings. The molecule has 0 saturated carbocycles. The number of benzene rings is 1. The lowest BCUT2D eigenvalue weighted by atomic mass is 10.2. The maximum Gasteiger partial charge on any atom is 0.214 e. The summed E-state index contributed by atoms with van der Waals surface area (Å²) < 4.78 is 0.994. The van der Waals surface area contributed by atoms with Gasteiger partial charge in [-0.05, 0) is 25.5 Å². The molecule has 3 nitrogen and oxygen atoms in total. The van der Waals surface area contributed by atoms with Crippen LogP contribution < -0.4 is 0 Å². The molecule has 1 heterocycles. The van der Waals surface area contributed by atoms with Crippen LogP contribution in [0, 0.1) is 6.92 Å². The van der Waals surface area contributed by atoms with E-state index in [9.17, 15) is 5.11 Å². The molecule has 0 aliphatic carbocycles. The molecule has 0 spiro atoms. The minimum absolute atomic E-state index is 0.0217. The standard InChI is InChI=1S/C12H10BrN2O/c1-2-10-7-11(16)15-12(14-10)8-3-5-9(13)6-4-8/h3-7H,1-2H2,(H,14,15,16). The predicted molar refractivity (Wildman–Crippen MR) is 65.9 cm³/mol. The Labute approximate surface area is 102 Å². The Balaban J connectivity index is 2.47. The molecule has 0 aliphatic rings. The van der Waals surface area contributed by atoms with E-state index in [0.29, 0.717) is 12.2 Å². The van der Waals surface area contributed by atoms with Crippen LogP contribution in [-0.2, 0) is 6.42 Å². The van der Waals surface area contributed by atoms with Gasteiger partial charge in [-0.2, -0.15) is 4.98 Å². The van der Waals surface area contributed by atoms with Crippen molar-refractivity contribution in [1.82, 2.24) is 9.97 Å². The summed E-state index contributed by atoms with van der Waals surface area (Å²) in [6.07, 6.45) is 0.527. The van der Waals surface area contributed by atoms with Crippen molar-refractivity contribution < 1.29 is 5.11 Å². The highest BCUT2D eigenvalue weighted by Crippen LogP contribution is 2.20. The Bertz CT molecular complexity index is 497. The van der Waals surface area contributed by atoms with Crippen LogP contribution in [0.4, 0.5) is 0 Å². The third-order valence-corrected chi connectivity index (χ3v) is 2.65. The Hall–Kier alpha value is -1.42. The normalized spacial score (nSPS) is 10.4. The molecule has 1 radical (unpaired) electrons. The molecule has 81 valence electrons. The first-order valence-electron chi connectivity index (χ1n) is 4.81. The molecule has 0 unspecified atom stereocenters. The summed E-state index contributed by atoms with van der Waals surface area (Å²) in [5, 5.41) is 9.45. The molecule has 0 bridgehead atoms. The second-order valence-electron chi connectivity index (χ2n) is 3.30. The minimum Gasteiger partial charge on any atom is -0.493 e. The zero-order chi connectivity index (χ0) is 11.5. The fourth-order valence-electron chi connectivity index (χ4n) is 1.34. The molecule has 1 N–H and O–H groups in total. The number of halogens is 1. The summed E-state index contributed by atoms with van der Waals surface area (Å²) in [5.41, 5.74) is 1.60. The van der Waals surface area contributed by atoms with Gasteiger partial charge in [0.25, 0.3) is 0 Å². The van der Waals surface area contributed by atoms with E-state index < -0.39 is 0 Å². The van der Waals surface area contributed by atoms with E-state index in [1.165, 1.54) is 6.07 Å². The van der Waals surface area contributed by atoms with Crippen molar-refractivity contribution in [2.75, 3.05) is 0 Å². The molecular formula is C12H10BrN2O. The first-order valence-corrected chi connectivity index (χ1v) is 5.60. The molecule has 2 rings (SSSR count). The quantitative estimate of drug-likeness (QED) is 0.918.